The van der Waals surface area contributed by atoms with Crippen LogP contribution in [-0.2, 0) is 10.0 Å². The number of rotatable bonds is 4. The third-order valence-electron chi connectivity index (χ3n) is 1.93. The van der Waals surface area contributed by atoms with Crippen molar-refractivity contribution in [2.24, 2.45) is 5.84 Å². The molecule has 0 atom stereocenters. The lowest BCUT2D eigenvalue weighted by molar-refractivity contribution is -0.385. The van der Waals surface area contributed by atoms with Crippen LogP contribution >= 0.6 is 0 Å². The number of nitrogens with one attached hydrogen (secondary N) is 2. The summed E-state index contributed by atoms with van der Waals surface area (Å²) in [7, 11) is -3.02. The van der Waals surface area contributed by atoms with E-state index in [9.17, 15) is 22.9 Å². The Morgan fingerprint density at radius 3 is 2.47 bits per heavy atom. The Kier molecular flexibility index (Phi) is 3.60. The molecule has 8 nitrogen and oxygen atoms in total. The highest BCUT2D eigenvalue weighted by Gasteiger charge is 2.25. The molecule has 0 aliphatic rings. The fourth-order valence-electron chi connectivity index (χ4n) is 1.17. The van der Waals surface area contributed by atoms with E-state index in [2.05, 4.69) is 0 Å². The summed E-state index contributed by atoms with van der Waals surface area (Å²) in [6.07, 6.45) is 0. The number of non-ortho nitro benzene ring substituents is 1. The smallest absolute Gasteiger partial charge is 0.274 e. The van der Waals surface area contributed by atoms with Gasteiger partial charge in [0.1, 0.15) is 4.90 Å². The van der Waals surface area contributed by atoms with Gasteiger partial charge in [0.05, 0.1) is 16.7 Å². The summed E-state index contributed by atoms with van der Waals surface area (Å²) < 4.78 is 38.3. The highest BCUT2D eigenvalue weighted by atomic mass is 32.2. The van der Waals surface area contributed by atoms with Crippen molar-refractivity contribution in [3.63, 3.8) is 0 Å². The molecule has 0 amide bonds. The van der Waals surface area contributed by atoms with Crippen LogP contribution in [-0.4, -0.2) is 20.4 Å². The number of nitrogen functional groups attached to an aromatic ring is 1. The first-order valence-corrected chi connectivity index (χ1v) is 5.70. The number of halogens is 1. The molecule has 0 fully saturated rings. The third kappa shape index (κ3) is 2.49. The molecule has 1 aromatic rings. The molecule has 1 rings (SSSR count). The lowest BCUT2D eigenvalue weighted by Gasteiger charge is -2.09. The zero-order valence-electron chi connectivity index (χ0n) is 8.60. The maximum atomic E-state index is 13.5. The fourth-order valence-corrected chi connectivity index (χ4v) is 2.09. The van der Waals surface area contributed by atoms with E-state index >= 15 is 0 Å². The molecule has 0 bridgehead atoms. The van der Waals surface area contributed by atoms with Gasteiger partial charge in [0.25, 0.3) is 5.69 Å². The molecule has 0 saturated carbocycles. The maximum Gasteiger partial charge on any atom is 0.274 e. The number of hydrogen-bond donors (Lipinski definition) is 3. The maximum absolute atomic E-state index is 13.5. The van der Waals surface area contributed by atoms with Crippen LogP contribution in [0.1, 0.15) is 0 Å². The van der Waals surface area contributed by atoms with E-state index in [0.29, 0.717) is 6.07 Å². The summed E-state index contributed by atoms with van der Waals surface area (Å²) in [5, 5.41) is 10.5. The van der Waals surface area contributed by atoms with Gasteiger partial charge in [-0.2, -0.15) is 0 Å². The largest absolute Gasteiger partial charge is 0.323 e. The fraction of sp³-hybridized carbons (Fsp3) is 0.143. The van der Waals surface area contributed by atoms with Crippen LogP contribution in [0.5, 0.6) is 0 Å². The van der Waals surface area contributed by atoms with Crippen molar-refractivity contribution in [3.8, 4) is 0 Å². The predicted octanol–water partition coefficient (Wildman–Crippen LogP) is -0.0724. The van der Waals surface area contributed by atoms with Crippen LogP contribution < -0.4 is 16.0 Å². The number of benzene rings is 1. The summed E-state index contributed by atoms with van der Waals surface area (Å²) in [5.41, 5.74) is 0.905. The molecule has 0 aliphatic heterocycles. The number of nitrogens with two attached hydrogens (primary N) is 1. The van der Waals surface area contributed by atoms with E-state index in [0.717, 1.165) is 13.1 Å². The zero-order chi connectivity index (χ0) is 13.2. The number of sulfonamides is 1. The molecule has 0 unspecified atom stereocenters. The van der Waals surface area contributed by atoms with Crippen molar-refractivity contribution < 1.29 is 17.7 Å². The van der Waals surface area contributed by atoms with E-state index in [1.165, 1.54) is 0 Å². The second kappa shape index (κ2) is 4.61. The molecule has 1 aromatic carbocycles. The molecular weight excluding hydrogens is 255 g/mol. The van der Waals surface area contributed by atoms with Gasteiger partial charge in [-0.05, 0) is 7.05 Å². The van der Waals surface area contributed by atoms with Crippen molar-refractivity contribution in [3.05, 3.63) is 28.1 Å². The van der Waals surface area contributed by atoms with Gasteiger partial charge in [-0.3, -0.25) is 16.0 Å². The van der Waals surface area contributed by atoms with Gasteiger partial charge in [0.15, 0.2) is 5.82 Å². The van der Waals surface area contributed by atoms with E-state index in [-0.39, 0.29) is 0 Å². The van der Waals surface area contributed by atoms with E-state index in [1.807, 2.05) is 10.1 Å². The number of nitro benzene ring substituents is 1. The molecule has 0 heterocycles. The van der Waals surface area contributed by atoms with Crippen LogP contribution in [0.4, 0.5) is 15.8 Å². The van der Waals surface area contributed by atoms with Crippen LogP contribution in [0.15, 0.2) is 17.0 Å². The van der Waals surface area contributed by atoms with Gasteiger partial charge in [0, 0.05) is 6.07 Å². The van der Waals surface area contributed by atoms with Gasteiger partial charge in [-0.1, -0.05) is 0 Å². The van der Waals surface area contributed by atoms with Gasteiger partial charge < -0.3 is 5.43 Å². The van der Waals surface area contributed by atoms with Crippen LogP contribution in [0.25, 0.3) is 0 Å². The molecule has 10 heteroatoms. The van der Waals surface area contributed by atoms with Crippen molar-refractivity contribution in [2.75, 3.05) is 12.5 Å². The quantitative estimate of drug-likeness (QED) is 0.396. The normalized spacial score (nSPS) is 11.2. The minimum absolute atomic E-state index is 0.397. The Morgan fingerprint density at radius 2 is 2.06 bits per heavy atom. The number of nitro groups is 1. The highest BCUT2D eigenvalue weighted by Crippen LogP contribution is 2.28. The van der Waals surface area contributed by atoms with Crippen molar-refractivity contribution in [1.82, 2.24) is 4.72 Å². The van der Waals surface area contributed by atoms with Crippen molar-refractivity contribution in [2.45, 2.75) is 4.90 Å². The Bertz CT molecular complexity index is 559. The lowest BCUT2D eigenvalue weighted by atomic mass is 10.3. The molecule has 94 valence electrons. The number of nitrogens with zero attached hydrogens (tertiary/aromatic N) is 1. The second-order valence-electron chi connectivity index (χ2n) is 2.91. The summed E-state index contributed by atoms with van der Waals surface area (Å²) in [6.45, 7) is 0. The van der Waals surface area contributed by atoms with E-state index < -0.39 is 37.0 Å². The van der Waals surface area contributed by atoms with Gasteiger partial charge in [0.2, 0.25) is 10.0 Å². The molecule has 0 aromatic heterocycles. The molecule has 0 radical (unpaired) electrons. The average Bonchev–Trinajstić information content (AvgIpc) is 2.27. The predicted molar refractivity (Wildman–Crippen MR) is 57.1 cm³/mol. The summed E-state index contributed by atoms with van der Waals surface area (Å²) in [6, 6.07) is 1.33. The highest BCUT2D eigenvalue weighted by molar-refractivity contribution is 7.89. The standard InChI is InChI=1S/C7H9FN4O4S/c1-10-17(15,16)7-5(8)2-4(12(13)14)3-6(7)11-9/h2-3,10-11H,9H2,1H3. The molecular formula is C7H9FN4O4S. The Balaban J connectivity index is 3.58. The lowest BCUT2D eigenvalue weighted by Crippen LogP contribution is -2.23. The van der Waals surface area contributed by atoms with Crippen molar-refractivity contribution >= 4 is 21.4 Å². The average molecular weight is 264 g/mol. The van der Waals surface area contributed by atoms with E-state index in [4.69, 9.17) is 5.84 Å². The Morgan fingerprint density at radius 1 is 1.47 bits per heavy atom. The van der Waals surface area contributed by atoms with Crippen LogP contribution in [0.3, 0.4) is 0 Å². The second-order valence-corrected chi connectivity index (χ2v) is 4.74. The van der Waals surface area contributed by atoms with E-state index in [1.54, 1.807) is 0 Å². The molecule has 0 spiro atoms. The molecule has 0 saturated heterocycles. The SMILES string of the molecule is CNS(=O)(=O)c1c(F)cc([N+](=O)[O-])cc1NN. The third-order valence-corrected chi connectivity index (χ3v) is 3.42. The minimum Gasteiger partial charge on any atom is -0.323 e. The monoisotopic (exact) mass is 264 g/mol. The van der Waals surface area contributed by atoms with Crippen LogP contribution in [0.2, 0.25) is 0 Å². The van der Waals surface area contributed by atoms with Gasteiger partial charge in [-0.25, -0.2) is 17.5 Å². The number of hydrogen-bond acceptors (Lipinski definition) is 6. The van der Waals surface area contributed by atoms with Crippen molar-refractivity contribution in [1.29, 1.82) is 0 Å². The molecule has 17 heavy (non-hydrogen) atoms. The summed E-state index contributed by atoms with van der Waals surface area (Å²) in [5.74, 6) is 3.75. The zero-order valence-corrected chi connectivity index (χ0v) is 9.41. The first-order chi connectivity index (χ1) is 7.83. The molecule has 4 N–H and O–H groups in total. The Hall–Kier alpha value is -1.78. The number of hydrazine groups is 1. The molecule has 0 aliphatic carbocycles. The van der Waals surface area contributed by atoms with Gasteiger partial charge >= 0.3 is 0 Å². The first kappa shape index (κ1) is 13.3. The number of anilines is 1. The first-order valence-electron chi connectivity index (χ1n) is 4.21. The topological polar surface area (TPSA) is 127 Å². The Labute approximate surface area is 95.8 Å². The summed E-state index contributed by atoms with van der Waals surface area (Å²) >= 11 is 0. The minimum atomic E-state index is -4.10. The van der Waals surface area contributed by atoms with Crippen LogP contribution in [0, 0.1) is 15.9 Å². The summed E-state index contributed by atoms with van der Waals surface area (Å²) in [4.78, 5) is 8.83. The van der Waals surface area contributed by atoms with Gasteiger partial charge in [-0.15, -0.1) is 0 Å².